The number of benzene rings is 1. The van der Waals surface area contributed by atoms with E-state index in [0.717, 1.165) is 30.7 Å². The predicted octanol–water partition coefficient (Wildman–Crippen LogP) is 2.25. The van der Waals surface area contributed by atoms with Gasteiger partial charge in [0.1, 0.15) is 5.75 Å². The van der Waals surface area contributed by atoms with Crippen LogP contribution in [0.5, 0.6) is 5.75 Å². The van der Waals surface area contributed by atoms with Gasteiger partial charge in [-0.3, -0.25) is 0 Å². The summed E-state index contributed by atoms with van der Waals surface area (Å²) in [4.78, 5) is 0. The maximum atomic E-state index is 8.75. The Labute approximate surface area is 104 Å². The van der Waals surface area contributed by atoms with Crippen LogP contribution in [0.25, 0.3) is 0 Å². The van der Waals surface area contributed by atoms with Gasteiger partial charge in [-0.2, -0.15) is 0 Å². The number of methoxy groups -OCH3 is 1. The van der Waals surface area contributed by atoms with Crippen molar-refractivity contribution in [2.45, 2.75) is 39.3 Å². The summed E-state index contributed by atoms with van der Waals surface area (Å²) in [6.07, 6.45) is 1.86. The monoisotopic (exact) mass is 237 g/mol. The Morgan fingerprint density at radius 2 is 2.18 bits per heavy atom. The van der Waals surface area contributed by atoms with Crippen LogP contribution < -0.4 is 10.1 Å². The first-order chi connectivity index (χ1) is 8.17. The molecule has 0 aliphatic heterocycles. The highest BCUT2D eigenvalue weighted by atomic mass is 16.5. The van der Waals surface area contributed by atoms with Gasteiger partial charge in [-0.05, 0) is 43.9 Å². The van der Waals surface area contributed by atoms with E-state index in [1.165, 1.54) is 5.56 Å². The summed E-state index contributed by atoms with van der Waals surface area (Å²) in [5.74, 6) is 0.932. The number of hydrogen-bond acceptors (Lipinski definition) is 3. The van der Waals surface area contributed by atoms with Crippen molar-refractivity contribution in [1.82, 2.24) is 5.32 Å². The molecule has 1 aromatic carbocycles. The minimum atomic E-state index is 0.271. The van der Waals surface area contributed by atoms with Crippen molar-refractivity contribution in [1.29, 1.82) is 0 Å². The third kappa shape index (κ3) is 4.75. The number of nitrogens with one attached hydrogen (secondary N) is 1. The molecule has 17 heavy (non-hydrogen) atoms. The van der Waals surface area contributed by atoms with Gasteiger partial charge in [-0.25, -0.2) is 0 Å². The van der Waals surface area contributed by atoms with Crippen molar-refractivity contribution in [3.8, 4) is 5.75 Å². The Morgan fingerprint density at radius 3 is 2.76 bits per heavy atom. The van der Waals surface area contributed by atoms with E-state index < -0.39 is 0 Å². The summed E-state index contributed by atoms with van der Waals surface area (Å²) in [7, 11) is 1.69. The molecule has 1 aromatic rings. The Hall–Kier alpha value is -1.06. The van der Waals surface area contributed by atoms with E-state index in [9.17, 15) is 0 Å². The molecule has 3 heteroatoms. The van der Waals surface area contributed by atoms with Crippen LogP contribution in [0.4, 0.5) is 0 Å². The largest absolute Gasteiger partial charge is 0.496 e. The van der Waals surface area contributed by atoms with Gasteiger partial charge in [0, 0.05) is 19.2 Å². The normalized spacial score (nSPS) is 12.5. The molecule has 0 aliphatic carbocycles. The summed E-state index contributed by atoms with van der Waals surface area (Å²) in [5, 5.41) is 12.2. The van der Waals surface area contributed by atoms with Gasteiger partial charge in [0.2, 0.25) is 0 Å². The maximum absolute atomic E-state index is 8.75. The third-order valence-electron chi connectivity index (χ3n) is 2.91. The van der Waals surface area contributed by atoms with Crippen molar-refractivity contribution in [3.63, 3.8) is 0 Å². The van der Waals surface area contributed by atoms with E-state index in [1.807, 2.05) is 6.07 Å². The topological polar surface area (TPSA) is 41.5 Å². The second-order valence-electron chi connectivity index (χ2n) is 4.45. The van der Waals surface area contributed by atoms with Gasteiger partial charge in [0.05, 0.1) is 7.11 Å². The van der Waals surface area contributed by atoms with E-state index in [4.69, 9.17) is 9.84 Å². The van der Waals surface area contributed by atoms with Gasteiger partial charge >= 0.3 is 0 Å². The van der Waals surface area contributed by atoms with Crippen LogP contribution in [0.15, 0.2) is 18.2 Å². The van der Waals surface area contributed by atoms with Crippen LogP contribution in [0.3, 0.4) is 0 Å². The quantitative estimate of drug-likeness (QED) is 0.764. The molecule has 2 N–H and O–H groups in total. The van der Waals surface area contributed by atoms with Crippen molar-refractivity contribution >= 4 is 0 Å². The minimum Gasteiger partial charge on any atom is -0.496 e. The lowest BCUT2D eigenvalue weighted by Crippen LogP contribution is -2.25. The maximum Gasteiger partial charge on any atom is 0.121 e. The van der Waals surface area contributed by atoms with Crippen molar-refractivity contribution in [2.24, 2.45) is 0 Å². The molecule has 0 saturated heterocycles. The zero-order valence-corrected chi connectivity index (χ0v) is 11.0. The van der Waals surface area contributed by atoms with Gasteiger partial charge in [-0.1, -0.05) is 12.1 Å². The van der Waals surface area contributed by atoms with Crippen LogP contribution in [-0.4, -0.2) is 24.9 Å². The van der Waals surface area contributed by atoms with Gasteiger partial charge in [-0.15, -0.1) is 0 Å². The average Bonchev–Trinajstić information content (AvgIpc) is 2.34. The molecule has 0 aromatic heterocycles. The van der Waals surface area contributed by atoms with Gasteiger partial charge in [0.25, 0.3) is 0 Å². The van der Waals surface area contributed by atoms with Crippen LogP contribution in [0.1, 0.15) is 30.9 Å². The highest BCUT2D eigenvalue weighted by molar-refractivity contribution is 5.36. The van der Waals surface area contributed by atoms with E-state index in [2.05, 4.69) is 31.3 Å². The van der Waals surface area contributed by atoms with Crippen LogP contribution in [0.2, 0.25) is 0 Å². The molecule has 0 aliphatic rings. The van der Waals surface area contributed by atoms with Crippen molar-refractivity contribution < 1.29 is 9.84 Å². The van der Waals surface area contributed by atoms with Crippen LogP contribution in [-0.2, 0) is 6.54 Å². The molecule has 96 valence electrons. The smallest absolute Gasteiger partial charge is 0.121 e. The number of ether oxygens (including phenoxy) is 1. The summed E-state index contributed by atoms with van der Waals surface area (Å²) < 4.78 is 5.23. The second-order valence-corrected chi connectivity index (χ2v) is 4.45. The molecule has 0 heterocycles. The first kappa shape index (κ1) is 14.0. The molecule has 0 radical (unpaired) electrons. The molecular formula is C14H23NO2. The fourth-order valence-electron chi connectivity index (χ4n) is 1.84. The van der Waals surface area contributed by atoms with E-state index in [1.54, 1.807) is 7.11 Å². The number of aryl methyl sites for hydroxylation is 1. The molecule has 0 fully saturated rings. The molecule has 0 bridgehead atoms. The number of rotatable bonds is 7. The molecule has 1 unspecified atom stereocenters. The molecular weight excluding hydrogens is 214 g/mol. The zero-order valence-electron chi connectivity index (χ0n) is 11.0. The SMILES string of the molecule is COc1ccc(CNC(C)CCCO)cc1C. The first-order valence-corrected chi connectivity index (χ1v) is 6.15. The number of hydrogen-bond donors (Lipinski definition) is 2. The molecule has 0 spiro atoms. The van der Waals surface area contributed by atoms with Crippen LogP contribution >= 0.6 is 0 Å². The molecule has 0 saturated carbocycles. The lowest BCUT2D eigenvalue weighted by molar-refractivity contribution is 0.276. The fourth-order valence-corrected chi connectivity index (χ4v) is 1.84. The fraction of sp³-hybridized carbons (Fsp3) is 0.571. The van der Waals surface area contributed by atoms with Gasteiger partial charge in [0.15, 0.2) is 0 Å². The summed E-state index contributed by atoms with van der Waals surface area (Å²) in [5.41, 5.74) is 2.42. The highest BCUT2D eigenvalue weighted by Crippen LogP contribution is 2.18. The van der Waals surface area contributed by atoms with E-state index >= 15 is 0 Å². The highest BCUT2D eigenvalue weighted by Gasteiger charge is 2.03. The lowest BCUT2D eigenvalue weighted by Gasteiger charge is -2.14. The van der Waals surface area contributed by atoms with Crippen LogP contribution in [0, 0.1) is 6.92 Å². The lowest BCUT2D eigenvalue weighted by atomic mass is 10.1. The number of aliphatic hydroxyl groups excluding tert-OH is 1. The Kier molecular flexibility index (Phi) is 6.01. The second kappa shape index (κ2) is 7.30. The Morgan fingerprint density at radius 1 is 1.41 bits per heavy atom. The Balaban J connectivity index is 2.44. The molecule has 0 amide bonds. The van der Waals surface area contributed by atoms with Gasteiger partial charge < -0.3 is 15.2 Å². The predicted molar refractivity (Wildman–Crippen MR) is 70.4 cm³/mol. The van der Waals surface area contributed by atoms with Crippen molar-refractivity contribution in [2.75, 3.05) is 13.7 Å². The third-order valence-corrected chi connectivity index (χ3v) is 2.91. The summed E-state index contributed by atoms with van der Waals surface area (Å²) in [6.45, 7) is 5.33. The molecule has 1 atom stereocenters. The summed E-state index contributed by atoms with van der Waals surface area (Å²) >= 11 is 0. The standard InChI is InChI=1S/C14H23NO2/c1-11-9-13(6-7-14(11)17-3)10-15-12(2)5-4-8-16/h6-7,9,12,15-16H,4-5,8,10H2,1-3H3. The summed E-state index contributed by atoms with van der Waals surface area (Å²) in [6, 6.07) is 6.66. The Bertz CT molecular complexity index is 339. The average molecular weight is 237 g/mol. The minimum absolute atomic E-state index is 0.271. The van der Waals surface area contributed by atoms with E-state index in [-0.39, 0.29) is 6.61 Å². The number of aliphatic hydroxyl groups is 1. The first-order valence-electron chi connectivity index (χ1n) is 6.15. The molecule has 1 rings (SSSR count). The zero-order chi connectivity index (χ0) is 12.7. The van der Waals surface area contributed by atoms with Crippen molar-refractivity contribution in [3.05, 3.63) is 29.3 Å². The molecule has 3 nitrogen and oxygen atoms in total. The van der Waals surface area contributed by atoms with E-state index in [0.29, 0.717) is 6.04 Å².